The second-order valence-corrected chi connectivity index (χ2v) is 9.16. The van der Waals surface area contributed by atoms with E-state index < -0.39 is 0 Å². The van der Waals surface area contributed by atoms with Gasteiger partial charge in [0.15, 0.2) is 5.11 Å². The van der Waals surface area contributed by atoms with E-state index >= 15 is 0 Å². The summed E-state index contributed by atoms with van der Waals surface area (Å²) in [6.45, 7) is 3.78. The number of likely N-dealkylation sites (tertiary alicyclic amines) is 1. The van der Waals surface area contributed by atoms with E-state index in [-0.39, 0.29) is 11.6 Å². The molecule has 5 rings (SSSR count). The molecule has 0 aromatic carbocycles. The highest BCUT2D eigenvalue weighted by atomic mass is 32.1. The predicted octanol–water partition coefficient (Wildman–Crippen LogP) is 3.04. The maximum absolute atomic E-state index is 11.8. The number of ether oxygens (including phenoxy) is 1. The van der Waals surface area contributed by atoms with Gasteiger partial charge in [0.05, 0.1) is 6.61 Å². The van der Waals surface area contributed by atoms with Crippen LogP contribution in [0.4, 0.5) is 4.79 Å². The van der Waals surface area contributed by atoms with Gasteiger partial charge < -0.3 is 20.3 Å². The zero-order valence-electron chi connectivity index (χ0n) is 15.3. The lowest BCUT2D eigenvalue weighted by Gasteiger charge is -2.57. The molecule has 1 saturated heterocycles. The van der Waals surface area contributed by atoms with Crippen LogP contribution in [0.25, 0.3) is 0 Å². The molecule has 6 heteroatoms. The summed E-state index contributed by atoms with van der Waals surface area (Å²) in [5, 5.41) is 8.10. The number of piperidine rings is 1. The first-order valence-corrected chi connectivity index (χ1v) is 10.5. The SMILES string of the molecule is CCOC(=O)N1CCC(NC(=S)NC23CC4CC(CC(C4)C2)C3)CC1. The van der Waals surface area contributed by atoms with E-state index in [1.165, 1.54) is 38.5 Å². The Hall–Kier alpha value is -1.04. The van der Waals surface area contributed by atoms with Crippen LogP contribution in [-0.2, 0) is 4.74 Å². The van der Waals surface area contributed by atoms with Crippen molar-refractivity contribution in [3.8, 4) is 0 Å². The topological polar surface area (TPSA) is 53.6 Å². The van der Waals surface area contributed by atoms with Gasteiger partial charge in [0.1, 0.15) is 0 Å². The van der Waals surface area contributed by atoms with E-state index in [9.17, 15) is 4.79 Å². The lowest BCUT2D eigenvalue weighted by atomic mass is 9.53. The molecule has 140 valence electrons. The number of nitrogens with zero attached hydrogens (tertiary/aromatic N) is 1. The van der Waals surface area contributed by atoms with Crippen LogP contribution in [0.2, 0.25) is 0 Å². The first-order valence-electron chi connectivity index (χ1n) is 10.1. The second-order valence-electron chi connectivity index (χ2n) is 8.76. The highest BCUT2D eigenvalue weighted by Gasteiger charge is 2.51. The van der Waals surface area contributed by atoms with Crippen LogP contribution in [0.15, 0.2) is 0 Å². The molecule has 5 nitrogen and oxygen atoms in total. The summed E-state index contributed by atoms with van der Waals surface area (Å²) >= 11 is 5.67. The third-order valence-corrected chi connectivity index (χ3v) is 6.99. The highest BCUT2D eigenvalue weighted by Crippen LogP contribution is 2.55. The molecule has 25 heavy (non-hydrogen) atoms. The number of amides is 1. The van der Waals surface area contributed by atoms with Crippen LogP contribution in [0.1, 0.15) is 58.3 Å². The molecule has 0 aromatic heterocycles. The molecule has 5 aliphatic rings. The summed E-state index contributed by atoms with van der Waals surface area (Å²) in [6, 6.07) is 0.361. The van der Waals surface area contributed by atoms with Crippen molar-refractivity contribution in [1.29, 1.82) is 0 Å². The zero-order chi connectivity index (χ0) is 17.4. The second kappa shape index (κ2) is 6.93. The average molecular weight is 366 g/mol. The summed E-state index contributed by atoms with van der Waals surface area (Å²) in [6.07, 6.45) is 9.96. The van der Waals surface area contributed by atoms with Crippen molar-refractivity contribution >= 4 is 23.4 Å². The molecule has 4 saturated carbocycles. The van der Waals surface area contributed by atoms with E-state index in [0.29, 0.717) is 12.6 Å². The molecule has 1 aliphatic heterocycles. The molecule has 4 bridgehead atoms. The predicted molar refractivity (Wildman–Crippen MR) is 101 cm³/mol. The van der Waals surface area contributed by atoms with Crippen LogP contribution in [0.3, 0.4) is 0 Å². The van der Waals surface area contributed by atoms with Crippen LogP contribution < -0.4 is 10.6 Å². The van der Waals surface area contributed by atoms with E-state index in [4.69, 9.17) is 17.0 Å². The summed E-state index contributed by atoms with van der Waals surface area (Å²) in [4.78, 5) is 13.6. The fourth-order valence-electron chi connectivity index (χ4n) is 6.15. The molecule has 4 aliphatic carbocycles. The van der Waals surface area contributed by atoms with Crippen molar-refractivity contribution in [2.45, 2.75) is 69.9 Å². The van der Waals surface area contributed by atoms with Gasteiger partial charge in [0.2, 0.25) is 0 Å². The van der Waals surface area contributed by atoms with E-state index in [1.54, 1.807) is 4.90 Å². The van der Waals surface area contributed by atoms with Gasteiger partial charge in [0.25, 0.3) is 0 Å². The number of hydrogen-bond acceptors (Lipinski definition) is 3. The van der Waals surface area contributed by atoms with Crippen LogP contribution in [-0.4, -0.2) is 47.4 Å². The smallest absolute Gasteiger partial charge is 0.409 e. The molecular formula is C19H31N3O2S. The van der Waals surface area contributed by atoms with Gasteiger partial charge in [-0.3, -0.25) is 0 Å². The number of thiocarbonyl (C=S) groups is 1. The molecule has 1 amide bonds. The van der Waals surface area contributed by atoms with Crippen molar-refractivity contribution in [2.75, 3.05) is 19.7 Å². The molecule has 0 atom stereocenters. The molecule has 0 aromatic rings. The molecule has 0 spiro atoms. The van der Waals surface area contributed by atoms with Crippen molar-refractivity contribution in [3.63, 3.8) is 0 Å². The van der Waals surface area contributed by atoms with Gasteiger partial charge in [-0.2, -0.15) is 0 Å². The minimum Gasteiger partial charge on any atom is -0.450 e. The first kappa shape index (κ1) is 17.4. The third kappa shape index (κ3) is 3.74. The lowest BCUT2D eigenvalue weighted by Crippen LogP contribution is -2.62. The monoisotopic (exact) mass is 365 g/mol. The van der Waals surface area contributed by atoms with E-state index in [2.05, 4.69) is 10.6 Å². The summed E-state index contributed by atoms with van der Waals surface area (Å²) < 4.78 is 5.09. The quantitative estimate of drug-likeness (QED) is 0.753. The standard InChI is InChI=1S/C19H31N3O2S/c1-2-24-18(23)22-5-3-16(4-6-22)20-17(25)21-19-10-13-7-14(11-19)9-15(8-13)12-19/h13-16H,2-12H2,1H3,(H2,20,21,25). The molecule has 1 heterocycles. The third-order valence-electron chi connectivity index (χ3n) is 6.77. The Morgan fingerprint density at radius 3 is 2.20 bits per heavy atom. The zero-order valence-corrected chi connectivity index (χ0v) is 16.1. The molecule has 2 N–H and O–H groups in total. The van der Waals surface area contributed by atoms with Crippen LogP contribution in [0.5, 0.6) is 0 Å². The first-order chi connectivity index (χ1) is 12.0. The number of carbonyl (C=O) groups excluding carboxylic acids is 1. The van der Waals surface area contributed by atoms with E-state index in [1.807, 2.05) is 6.92 Å². The molecule has 0 radical (unpaired) electrons. The lowest BCUT2D eigenvalue weighted by molar-refractivity contribution is -0.0102. The van der Waals surface area contributed by atoms with Crippen molar-refractivity contribution < 1.29 is 9.53 Å². The number of carbonyl (C=O) groups is 1. The van der Waals surface area contributed by atoms with Crippen molar-refractivity contribution in [3.05, 3.63) is 0 Å². The Labute approximate surface area is 156 Å². The van der Waals surface area contributed by atoms with Gasteiger partial charge in [0, 0.05) is 24.7 Å². The Bertz CT molecular complexity index is 495. The Morgan fingerprint density at radius 2 is 1.68 bits per heavy atom. The average Bonchev–Trinajstić information content (AvgIpc) is 2.53. The van der Waals surface area contributed by atoms with Crippen molar-refractivity contribution in [1.82, 2.24) is 15.5 Å². The molecule has 0 unspecified atom stereocenters. The summed E-state index contributed by atoms with van der Waals surface area (Å²) in [5.41, 5.74) is 0.268. The van der Waals surface area contributed by atoms with Crippen LogP contribution in [0, 0.1) is 17.8 Å². The number of hydrogen-bond donors (Lipinski definition) is 2. The van der Waals surface area contributed by atoms with Gasteiger partial charge in [-0.1, -0.05) is 0 Å². The maximum atomic E-state index is 11.8. The van der Waals surface area contributed by atoms with E-state index in [0.717, 1.165) is 48.8 Å². The number of nitrogens with one attached hydrogen (secondary N) is 2. The fourth-order valence-corrected chi connectivity index (χ4v) is 6.53. The Balaban J connectivity index is 1.26. The summed E-state index contributed by atoms with van der Waals surface area (Å²) in [7, 11) is 0. The largest absolute Gasteiger partial charge is 0.450 e. The molecule has 5 fully saturated rings. The van der Waals surface area contributed by atoms with Gasteiger partial charge in [-0.05, 0) is 88.3 Å². The maximum Gasteiger partial charge on any atom is 0.409 e. The normalized spacial score (nSPS) is 37.0. The fraction of sp³-hybridized carbons (Fsp3) is 0.895. The minimum absolute atomic E-state index is 0.185. The molecular weight excluding hydrogens is 334 g/mol. The minimum atomic E-state index is -0.185. The van der Waals surface area contributed by atoms with Gasteiger partial charge in [-0.25, -0.2) is 4.79 Å². The summed E-state index contributed by atoms with van der Waals surface area (Å²) in [5.74, 6) is 2.78. The van der Waals surface area contributed by atoms with Gasteiger partial charge in [-0.15, -0.1) is 0 Å². The highest BCUT2D eigenvalue weighted by molar-refractivity contribution is 7.80. The van der Waals surface area contributed by atoms with Crippen molar-refractivity contribution in [2.24, 2.45) is 17.8 Å². The number of rotatable bonds is 3. The Morgan fingerprint density at radius 1 is 1.12 bits per heavy atom. The Kier molecular flexibility index (Phi) is 4.82. The van der Waals surface area contributed by atoms with Gasteiger partial charge >= 0.3 is 6.09 Å². The van der Waals surface area contributed by atoms with Crippen LogP contribution >= 0.6 is 12.2 Å².